The van der Waals surface area contributed by atoms with Crippen molar-refractivity contribution in [2.45, 2.75) is 46.1 Å². The summed E-state index contributed by atoms with van der Waals surface area (Å²) in [7, 11) is 0. The van der Waals surface area contributed by atoms with Gasteiger partial charge in [0.1, 0.15) is 17.3 Å². The van der Waals surface area contributed by atoms with Gasteiger partial charge in [-0.15, -0.1) is 0 Å². The fourth-order valence-corrected chi connectivity index (χ4v) is 4.24. The summed E-state index contributed by atoms with van der Waals surface area (Å²) in [6, 6.07) is 9.99. The van der Waals surface area contributed by atoms with Gasteiger partial charge in [0.25, 0.3) is 5.91 Å². The molecule has 1 aliphatic rings. The summed E-state index contributed by atoms with van der Waals surface area (Å²) in [5.74, 6) is -2.47. The van der Waals surface area contributed by atoms with E-state index in [4.69, 9.17) is 14.2 Å². The van der Waals surface area contributed by atoms with Crippen LogP contribution in [0.5, 0.6) is 11.5 Å². The third-order valence-corrected chi connectivity index (χ3v) is 5.61. The van der Waals surface area contributed by atoms with Crippen LogP contribution in [0.15, 0.2) is 42.5 Å². The Balaban J connectivity index is 1.86. The van der Waals surface area contributed by atoms with Crippen molar-refractivity contribution in [1.82, 2.24) is 0 Å². The maximum absolute atomic E-state index is 14.8. The van der Waals surface area contributed by atoms with Crippen molar-refractivity contribution >= 4 is 28.3 Å². The molecule has 0 aromatic heterocycles. The minimum absolute atomic E-state index is 0.0344. The van der Waals surface area contributed by atoms with Crippen molar-refractivity contribution in [2.24, 2.45) is 0 Å². The number of aliphatic hydroxyl groups excluding tert-OH is 1. The van der Waals surface area contributed by atoms with Crippen molar-refractivity contribution in [1.29, 1.82) is 0 Å². The predicted octanol–water partition coefficient (Wildman–Crippen LogP) is 5.12. The van der Waals surface area contributed by atoms with Gasteiger partial charge in [-0.2, -0.15) is 8.78 Å². The average Bonchev–Trinajstić information content (AvgIpc) is 3.07. The minimum atomic E-state index is -3.23. The van der Waals surface area contributed by atoms with Crippen molar-refractivity contribution in [3.05, 3.63) is 65.0 Å². The lowest BCUT2D eigenvalue weighted by Gasteiger charge is -2.22. The molecule has 1 N–H and O–H groups in total. The van der Waals surface area contributed by atoms with Crippen LogP contribution in [0.3, 0.4) is 0 Å². The number of hydrogen-bond acceptors (Lipinski definition) is 6. The average molecular weight is 503 g/mol. The zero-order valence-corrected chi connectivity index (χ0v) is 19.8. The largest absolute Gasteiger partial charge is 0.490 e. The van der Waals surface area contributed by atoms with Gasteiger partial charge in [0.2, 0.25) is 0 Å². The molecule has 10 heteroatoms. The molecule has 0 radical (unpaired) electrons. The quantitative estimate of drug-likeness (QED) is 0.430. The zero-order valence-electron chi connectivity index (χ0n) is 19.8. The van der Waals surface area contributed by atoms with Gasteiger partial charge in [-0.3, -0.25) is 14.5 Å². The van der Waals surface area contributed by atoms with Gasteiger partial charge in [0.05, 0.1) is 30.3 Å². The van der Waals surface area contributed by atoms with E-state index in [0.29, 0.717) is 5.39 Å². The number of rotatable bonds is 8. The second-order valence-electron chi connectivity index (χ2n) is 8.34. The fraction of sp³-hybridized carbons (Fsp3) is 0.308. The Hall–Kier alpha value is -3.79. The van der Waals surface area contributed by atoms with Gasteiger partial charge < -0.3 is 19.3 Å². The lowest BCUT2D eigenvalue weighted by molar-refractivity contribution is -0.142. The van der Waals surface area contributed by atoms with Crippen molar-refractivity contribution in [3.63, 3.8) is 0 Å². The van der Waals surface area contributed by atoms with Crippen LogP contribution >= 0.6 is 0 Å². The number of amides is 1. The van der Waals surface area contributed by atoms with E-state index in [2.05, 4.69) is 0 Å². The molecule has 0 spiro atoms. The maximum atomic E-state index is 14.8. The summed E-state index contributed by atoms with van der Waals surface area (Å²) in [5, 5.41) is 11.7. The van der Waals surface area contributed by atoms with Crippen LogP contribution in [0, 0.1) is 5.82 Å². The maximum Gasteiger partial charge on any atom is 0.387 e. The molecule has 4 rings (SSSR count). The topological polar surface area (TPSA) is 85.3 Å². The molecule has 3 aromatic rings. The number of hydrogen-bond donors (Lipinski definition) is 1. The van der Waals surface area contributed by atoms with E-state index in [-0.39, 0.29) is 52.3 Å². The molecule has 0 bridgehead atoms. The Morgan fingerprint density at radius 3 is 2.33 bits per heavy atom. The van der Waals surface area contributed by atoms with E-state index in [9.17, 15) is 27.9 Å². The summed E-state index contributed by atoms with van der Waals surface area (Å²) < 4.78 is 57.2. The Labute approximate surface area is 205 Å². The van der Waals surface area contributed by atoms with Crippen LogP contribution in [0.25, 0.3) is 10.8 Å². The van der Waals surface area contributed by atoms with Crippen LogP contribution < -0.4 is 14.4 Å². The zero-order chi connectivity index (χ0) is 26.1. The second kappa shape index (κ2) is 10.1. The number of nitrogens with zero attached hydrogens (tertiary/aromatic N) is 1. The van der Waals surface area contributed by atoms with Crippen molar-refractivity contribution < 1.29 is 42.1 Å². The molecule has 7 nitrogen and oxygen atoms in total. The molecule has 36 heavy (non-hydrogen) atoms. The molecule has 0 saturated heterocycles. The number of alkyl halides is 2. The van der Waals surface area contributed by atoms with Gasteiger partial charge in [-0.1, -0.05) is 30.3 Å². The predicted molar refractivity (Wildman–Crippen MR) is 125 cm³/mol. The smallest absolute Gasteiger partial charge is 0.387 e. The van der Waals surface area contributed by atoms with E-state index in [1.807, 2.05) is 0 Å². The highest BCUT2D eigenvalue weighted by Crippen LogP contribution is 2.50. The standard InChI is InChI=1S/C26H24F3NO6/c1-4-34-19(31)11-14-9-10-15(12-18(14)27)30-24(32)20-21(25(30)33)23(36-26(28)29)17-8-6-5-7-16(17)22(20)35-13(2)3/h5-10,12-13,25-26,33H,4,11H2,1-3H3. The van der Waals surface area contributed by atoms with Crippen molar-refractivity contribution in [3.8, 4) is 11.5 Å². The van der Waals surface area contributed by atoms with Gasteiger partial charge >= 0.3 is 12.6 Å². The van der Waals surface area contributed by atoms with Crippen LogP contribution in [0.4, 0.5) is 18.9 Å². The number of fused-ring (bicyclic) bond motifs is 2. The molecule has 190 valence electrons. The molecular weight excluding hydrogens is 479 g/mol. The molecule has 1 unspecified atom stereocenters. The summed E-state index contributed by atoms with van der Waals surface area (Å²) in [4.78, 5) is 26.2. The number of carbonyl (C=O) groups excluding carboxylic acids is 2. The second-order valence-corrected chi connectivity index (χ2v) is 8.34. The first-order chi connectivity index (χ1) is 17.1. The lowest BCUT2D eigenvalue weighted by Crippen LogP contribution is -2.28. The van der Waals surface area contributed by atoms with Crippen LogP contribution in [-0.2, 0) is 16.0 Å². The monoisotopic (exact) mass is 503 g/mol. The van der Waals surface area contributed by atoms with Gasteiger partial charge in [0, 0.05) is 16.5 Å². The van der Waals surface area contributed by atoms with Crippen molar-refractivity contribution in [2.75, 3.05) is 11.5 Å². The number of halogens is 3. The number of ether oxygens (including phenoxy) is 3. The number of esters is 1. The van der Waals surface area contributed by atoms with E-state index in [1.54, 1.807) is 39.0 Å². The molecule has 0 fully saturated rings. The van der Waals surface area contributed by atoms with Crippen LogP contribution in [0.2, 0.25) is 0 Å². The highest BCUT2D eigenvalue weighted by molar-refractivity contribution is 6.17. The molecule has 0 saturated carbocycles. The normalized spacial score (nSPS) is 15.1. The number of benzene rings is 3. The van der Waals surface area contributed by atoms with E-state index in [1.165, 1.54) is 18.2 Å². The third kappa shape index (κ3) is 4.56. The first-order valence-corrected chi connectivity index (χ1v) is 11.3. The Morgan fingerprint density at radius 2 is 1.75 bits per heavy atom. The van der Waals surface area contributed by atoms with E-state index >= 15 is 0 Å². The lowest BCUT2D eigenvalue weighted by atomic mass is 9.98. The summed E-state index contributed by atoms with van der Waals surface area (Å²) in [6.07, 6.45) is -2.48. The SMILES string of the molecule is CCOC(=O)Cc1ccc(N2C(=O)c3c(c(OC(F)F)c4ccccc4c3OC(C)C)C2O)cc1F. The fourth-order valence-electron chi connectivity index (χ4n) is 4.24. The molecular formula is C26H24F3NO6. The first kappa shape index (κ1) is 25.3. The molecule has 0 aliphatic carbocycles. The third-order valence-electron chi connectivity index (χ3n) is 5.61. The summed E-state index contributed by atoms with van der Waals surface area (Å²) in [5.41, 5.74) is -0.365. The molecule has 1 amide bonds. The van der Waals surface area contributed by atoms with Crippen LogP contribution in [0.1, 0.15) is 48.5 Å². The van der Waals surface area contributed by atoms with E-state index < -0.39 is 36.6 Å². The summed E-state index contributed by atoms with van der Waals surface area (Å²) >= 11 is 0. The minimum Gasteiger partial charge on any atom is -0.490 e. The van der Waals surface area contributed by atoms with E-state index in [0.717, 1.165) is 11.0 Å². The van der Waals surface area contributed by atoms with Gasteiger partial charge in [-0.25, -0.2) is 4.39 Å². The highest BCUT2D eigenvalue weighted by Gasteiger charge is 2.44. The molecule has 3 aromatic carbocycles. The molecule has 1 aliphatic heterocycles. The van der Waals surface area contributed by atoms with Gasteiger partial charge in [-0.05, 0) is 38.5 Å². The Morgan fingerprint density at radius 1 is 1.08 bits per heavy atom. The number of carbonyl (C=O) groups is 2. The molecule has 1 atom stereocenters. The highest BCUT2D eigenvalue weighted by atomic mass is 19.3. The first-order valence-electron chi connectivity index (χ1n) is 11.3. The van der Waals surface area contributed by atoms with Gasteiger partial charge in [0.15, 0.2) is 6.23 Å². The number of aliphatic hydroxyl groups is 1. The van der Waals surface area contributed by atoms with Crippen LogP contribution in [-0.4, -0.2) is 36.3 Å². The summed E-state index contributed by atoms with van der Waals surface area (Å²) in [6.45, 7) is 2.00. The Kier molecular flexibility index (Phi) is 7.07. The molecule has 1 heterocycles. The number of anilines is 1. The Bertz CT molecular complexity index is 1330.